The number of carbonyl (C=O) groups is 2. The Hall–Kier alpha value is -3.02. The number of anilines is 2. The first kappa shape index (κ1) is 17.8. The predicted molar refractivity (Wildman–Crippen MR) is 100 cm³/mol. The summed E-state index contributed by atoms with van der Waals surface area (Å²) in [4.78, 5) is 26.0. The van der Waals surface area contributed by atoms with Crippen LogP contribution in [0, 0.1) is 0 Å². The monoisotopic (exact) mass is 354 g/mol. The molecular formula is C20H22N2O4. The van der Waals surface area contributed by atoms with Gasteiger partial charge in [0, 0.05) is 18.3 Å². The fourth-order valence-electron chi connectivity index (χ4n) is 2.75. The van der Waals surface area contributed by atoms with Gasteiger partial charge in [0.2, 0.25) is 0 Å². The minimum Gasteiger partial charge on any atom is -0.491 e. The number of rotatable bonds is 4. The van der Waals surface area contributed by atoms with E-state index in [1.54, 1.807) is 56.4 Å². The Balaban J connectivity index is 1.75. The second-order valence-corrected chi connectivity index (χ2v) is 6.48. The molecule has 0 fully saturated rings. The normalized spacial score (nSPS) is 16.1. The van der Waals surface area contributed by atoms with Crippen molar-refractivity contribution in [2.75, 3.05) is 17.3 Å². The third kappa shape index (κ3) is 3.64. The number of hydrogen-bond donors (Lipinski definition) is 1. The summed E-state index contributed by atoms with van der Waals surface area (Å²) >= 11 is 0. The number of fused-ring (bicyclic) bond motifs is 1. The minimum atomic E-state index is -0.514. The van der Waals surface area contributed by atoms with E-state index in [4.69, 9.17) is 9.47 Å². The van der Waals surface area contributed by atoms with Crippen molar-refractivity contribution in [2.24, 2.45) is 0 Å². The van der Waals surface area contributed by atoms with E-state index in [0.29, 0.717) is 22.7 Å². The van der Waals surface area contributed by atoms with Crippen LogP contribution in [0.3, 0.4) is 0 Å². The van der Waals surface area contributed by atoms with Crippen molar-refractivity contribution in [1.82, 2.24) is 0 Å². The number of carbonyl (C=O) groups excluding carboxylic acids is 2. The minimum absolute atomic E-state index is 0.0785. The summed E-state index contributed by atoms with van der Waals surface area (Å²) in [5.41, 5.74) is 1.74. The summed E-state index contributed by atoms with van der Waals surface area (Å²) in [7, 11) is 1.69. The Kier molecular flexibility index (Phi) is 4.84. The van der Waals surface area contributed by atoms with E-state index in [-0.39, 0.29) is 17.9 Å². The van der Waals surface area contributed by atoms with Crippen molar-refractivity contribution in [3.8, 4) is 11.5 Å². The number of ether oxygens (including phenoxy) is 2. The van der Waals surface area contributed by atoms with Crippen LogP contribution in [0.1, 0.15) is 31.1 Å². The lowest BCUT2D eigenvalue weighted by Crippen LogP contribution is -2.41. The Morgan fingerprint density at radius 1 is 1.19 bits per heavy atom. The van der Waals surface area contributed by atoms with Crippen molar-refractivity contribution in [3.05, 3.63) is 48.0 Å². The molecule has 1 unspecified atom stereocenters. The fourth-order valence-corrected chi connectivity index (χ4v) is 2.75. The van der Waals surface area contributed by atoms with Gasteiger partial charge in [-0.05, 0) is 63.2 Å². The largest absolute Gasteiger partial charge is 0.491 e. The zero-order chi connectivity index (χ0) is 18.8. The molecule has 0 spiro atoms. The standard InChI is InChI=1S/C20H22N2O4/c1-12(2)25-16-8-5-14(6-9-16)19(23)21-15-7-10-18-17(11-15)22(4)20(24)13(3)26-18/h5-13H,1-4H3,(H,21,23). The van der Waals surface area contributed by atoms with Gasteiger partial charge in [-0.15, -0.1) is 0 Å². The molecule has 2 aromatic rings. The van der Waals surface area contributed by atoms with Crippen LogP contribution in [0.25, 0.3) is 0 Å². The molecular weight excluding hydrogens is 332 g/mol. The molecule has 0 bridgehead atoms. The van der Waals surface area contributed by atoms with Gasteiger partial charge < -0.3 is 19.7 Å². The van der Waals surface area contributed by atoms with Crippen LogP contribution < -0.4 is 19.7 Å². The SMILES string of the molecule is CC(C)Oc1ccc(C(=O)Nc2ccc3c(c2)N(C)C(=O)C(C)O3)cc1. The Labute approximate surface area is 152 Å². The molecule has 1 aliphatic heterocycles. The van der Waals surface area contributed by atoms with Gasteiger partial charge in [0.1, 0.15) is 11.5 Å². The first-order valence-corrected chi connectivity index (χ1v) is 8.51. The Morgan fingerprint density at radius 2 is 1.88 bits per heavy atom. The quantitative estimate of drug-likeness (QED) is 0.913. The molecule has 0 saturated carbocycles. The van der Waals surface area contributed by atoms with Gasteiger partial charge in [-0.25, -0.2) is 0 Å². The van der Waals surface area contributed by atoms with Crippen molar-refractivity contribution >= 4 is 23.2 Å². The third-order valence-electron chi connectivity index (χ3n) is 4.05. The summed E-state index contributed by atoms with van der Waals surface area (Å²) in [6, 6.07) is 12.2. The summed E-state index contributed by atoms with van der Waals surface area (Å²) in [5, 5.41) is 2.84. The molecule has 1 aliphatic rings. The van der Waals surface area contributed by atoms with Gasteiger partial charge in [-0.1, -0.05) is 0 Å². The van der Waals surface area contributed by atoms with E-state index in [0.717, 1.165) is 5.75 Å². The van der Waals surface area contributed by atoms with E-state index in [1.807, 2.05) is 13.8 Å². The van der Waals surface area contributed by atoms with Gasteiger partial charge in [-0.2, -0.15) is 0 Å². The van der Waals surface area contributed by atoms with E-state index >= 15 is 0 Å². The lowest BCUT2D eigenvalue weighted by molar-refractivity contribution is -0.125. The van der Waals surface area contributed by atoms with Gasteiger partial charge in [0.05, 0.1) is 11.8 Å². The first-order chi connectivity index (χ1) is 12.3. The topological polar surface area (TPSA) is 67.9 Å². The maximum absolute atomic E-state index is 12.4. The van der Waals surface area contributed by atoms with E-state index in [1.165, 1.54) is 4.90 Å². The van der Waals surface area contributed by atoms with Crippen LogP contribution in [0.2, 0.25) is 0 Å². The molecule has 1 heterocycles. The van der Waals surface area contributed by atoms with E-state index < -0.39 is 6.10 Å². The maximum atomic E-state index is 12.4. The number of hydrogen-bond acceptors (Lipinski definition) is 4. The molecule has 0 radical (unpaired) electrons. The molecule has 6 nitrogen and oxygen atoms in total. The van der Waals surface area contributed by atoms with Crippen molar-refractivity contribution < 1.29 is 19.1 Å². The molecule has 0 saturated heterocycles. The van der Waals surface area contributed by atoms with Crippen LogP contribution in [0.4, 0.5) is 11.4 Å². The highest BCUT2D eigenvalue weighted by Gasteiger charge is 2.29. The molecule has 26 heavy (non-hydrogen) atoms. The van der Waals surface area contributed by atoms with E-state index in [2.05, 4.69) is 5.32 Å². The first-order valence-electron chi connectivity index (χ1n) is 8.51. The Morgan fingerprint density at radius 3 is 2.54 bits per heavy atom. The predicted octanol–water partition coefficient (Wildman–Crippen LogP) is 3.47. The van der Waals surface area contributed by atoms with Crippen LogP contribution in [-0.4, -0.2) is 31.1 Å². The van der Waals surface area contributed by atoms with Crippen LogP contribution in [0.5, 0.6) is 11.5 Å². The summed E-state index contributed by atoms with van der Waals surface area (Å²) < 4.78 is 11.2. The number of nitrogens with one attached hydrogen (secondary N) is 1. The van der Waals surface area contributed by atoms with Crippen molar-refractivity contribution in [1.29, 1.82) is 0 Å². The molecule has 6 heteroatoms. The molecule has 1 N–H and O–H groups in total. The summed E-state index contributed by atoms with van der Waals surface area (Å²) in [6.45, 7) is 5.61. The van der Waals surface area contributed by atoms with Gasteiger partial charge in [0.25, 0.3) is 11.8 Å². The molecule has 2 amide bonds. The number of nitrogens with zero attached hydrogens (tertiary/aromatic N) is 1. The average Bonchev–Trinajstić information content (AvgIpc) is 2.60. The highest BCUT2D eigenvalue weighted by Crippen LogP contribution is 2.35. The third-order valence-corrected chi connectivity index (χ3v) is 4.05. The zero-order valence-electron chi connectivity index (χ0n) is 15.3. The zero-order valence-corrected chi connectivity index (χ0v) is 15.3. The molecule has 136 valence electrons. The number of benzene rings is 2. The Bertz CT molecular complexity index is 830. The second-order valence-electron chi connectivity index (χ2n) is 6.48. The lowest BCUT2D eigenvalue weighted by atomic mass is 10.1. The summed E-state index contributed by atoms with van der Waals surface area (Å²) in [5.74, 6) is 0.978. The molecule has 1 atom stereocenters. The fraction of sp³-hybridized carbons (Fsp3) is 0.300. The van der Waals surface area contributed by atoms with E-state index in [9.17, 15) is 9.59 Å². The van der Waals surface area contributed by atoms with Gasteiger partial charge >= 0.3 is 0 Å². The number of amides is 2. The smallest absolute Gasteiger partial charge is 0.267 e. The van der Waals surface area contributed by atoms with Gasteiger partial charge in [-0.3, -0.25) is 9.59 Å². The molecule has 2 aromatic carbocycles. The molecule has 0 aliphatic carbocycles. The highest BCUT2D eigenvalue weighted by atomic mass is 16.5. The molecule has 3 rings (SSSR count). The van der Waals surface area contributed by atoms with Crippen LogP contribution >= 0.6 is 0 Å². The second kappa shape index (κ2) is 7.07. The molecule has 0 aromatic heterocycles. The maximum Gasteiger partial charge on any atom is 0.267 e. The number of likely N-dealkylation sites (N-methyl/N-ethyl adjacent to an activating group) is 1. The highest BCUT2D eigenvalue weighted by molar-refractivity contribution is 6.05. The summed E-state index contributed by atoms with van der Waals surface area (Å²) in [6.07, 6.45) is -0.436. The van der Waals surface area contributed by atoms with Crippen molar-refractivity contribution in [3.63, 3.8) is 0 Å². The van der Waals surface area contributed by atoms with Crippen LogP contribution in [-0.2, 0) is 4.79 Å². The average molecular weight is 354 g/mol. The van der Waals surface area contributed by atoms with Crippen LogP contribution in [0.15, 0.2) is 42.5 Å². The lowest BCUT2D eigenvalue weighted by Gasteiger charge is -2.30. The van der Waals surface area contributed by atoms with Gasteiger partial charge in [0.15, 0.2) is 6.10 Å². The van der Waals surface area contributed by atoms with Crippen molar-refractivity contribution in [2.45, 2.75) is 33.0 Å².